The number of halogens is 2. The zero-order chi connectivity index (χ0) is 15.1. The van der Waals surface area contributed by atoms with Gasteiger partial charge in [-0.15, -0.1) is 0 Å². The van der Waals surface area contributed by atoms with Gasteiger partial charge in [0.1, 0.15) is 5.82 Å². The van der Waals surface area contributed by atoms with E-state index < -0.39 is 23.7 Å². The number of benzene rings is 1. The number of carbonyl (C=O) groups is 2. The lowest BCUT2D eigenvalue weighted by atomic mass is 10.0. The minimum Gasteiger partial charge on any atom is -0.481 e. The average molecular weight is 303 g/mol. The first-order valence-electron chi connectivity index (χ1n) is 6.17. The summed E-state index contributed by atoms with van der Waals surface area (Å²) in [4.78, 5) is 22.5. The third-order valence-electron chi connectivity index (χ3n) is 2.70. The van der Waals surface area contributed by atoms with E-state index in [1.54, 1.807) is 0 Å². The van der Waals surface area contributed by atoms with Gasteiger partial charge >= 0.3 is 12.0 Å². The minimum absolute atomic E-state index is 0.0267. The number of aliphatic carboxylic acids is 1. The van der Waals surface area contributed by atoms with Crippen LogP contribution in [0, 0.1) is 11.7 Å². The molecular weight excluding hydrogens is 287 g/mol. The quantitative estimate of drug-likeness (QED) is 0.755. The molecule has 0 radical (unpaired) electrons. The number of carbonyl (C=O) groups excluding carboxylic acids is 1. The fourth-order valence-corrected chi connectivity index (χ4v) is 1.86. The van der Waals surface area contributed by atoms with Crippen LogP contribution in [-0.4, -0.2) is 23.7 Å². The Balaban J connectivity index is 2.58. The summed E-state index contributed by atoms with van der Waals surface area (Å²) < 4.78 is 13.4. The second-order valence-corrected chi connectivity index (χ2v) is 4.66. The van der Waals surface area contributed by atoms with Crippen LogP contribution in [-0.2, 0) is 4.79 Å². The fourth-order valence-electron chi connectivity index (χ4n) is 1.65. The molecule has 1 aromatic carbocycles. The van der Waals surface area contributed by atoms with Crippen LogP contribution >= 0.6 is 11.6 Å². The van der Waals surface area contributed by atoms with Gasteiger partial charge < -0.3 is 15.7 Å². The molecule has 0 aromatic heterocycles. The van der Waals surface area contributed by atoms with Gasteiger partial charge in [-0.1, -0.05) is 31.0 Å². The number of nitrogens with one attached hydrogen (secondary N) is 2. The van der Waals surface area contributed by atoms with Gasteiger partial charge in [-0.05, 0) is 18.6 Å². The van der Waals surface area contributed by atoms with Crippen molar-refractivity contribution < 1.29 is 19.1 Å². The van der Waals surface area contributed by atoms with Crippen molar-refractivity contribution in [3.63, 3.8) is 0 Å². The monoisotopic (exact) mass is 302 g/mol. The van der Waals surface area contributed by atoms with E-state index in [4.69, 9.17) is 16.7 Å². The van der Waals surface area contributed by atoms with Crippen molar-refractivity contribution in [3.05, 3.63) is 29.0 Å². The maximum atomic E-state index is 13.4. The van der Waals surface area contributed by atoms with Crippen LogP contribution in [0.15, 0.2) is 18.2 Å². The number of rotatable bonds is 6. The van der Waals surface area contributed by atoms with Crippen molar-refractivity contribution in [1.29, 1.82) is 0 Å². The maximum absolute atomic E-state index is 13.4. The van der Waals surface area contributed by atoms with Crippen molar-refractivity contribution in [2.24, 2.45) is 5.92 Å². The van der Waals surface area contributed by atoms with E-state index in [-0.39, 0.29) is 17.3 Å². The summed E-state index contributed by atoms with van der Waals surface area (Å²) in [6.45, 7) is 1.83. The standard InChI is InChI=1S/C13H16ClFN2O3/c1-2-4-8(12(18)19)7-16-13(20)17-11-9(14)5-3-6-10(11)15/h3,5-6,8H,2,4,7H2,1H3,(H,18,19)(H2,16,17,20). The summed E-state index contributed by atoms with van der Waals surface area (Å²) in [6, 6.07) is 3.33. The van der Waals surface area contributed by atoms with Gasteiger partial charge in [0.25, 0.3) is 0 Å². The van der Waals surface area contributed by atoms with E-state index in [9.17, 15) is 14.0 Å². The molecule has 110 valence electrons. The van der Waals surface area contributed by atoms with Gasteiger partial charge in [-0.3, -0.25) is 4.79 Å². The topological polar surface area (TPSA) is 78.4 Å². The Hall–Kier alpha value is -1.82. The molecule has 0 aliphatic heterocycles. The third-order valence-corrected chi connectivity index (χ3v) is 3.01. The molecule has 0 saturated carbocycles. The molecule has 0 heterocycles. The number of amides is 2. The first-order valence-corrected chi connectivity index (χ1v) is 6.55. The first kappa shape index (κ1) is 16.2. The summed E-state index contributed by atoms with van der Waals surface area (Å²) in [5, 5.41) is 13.7. The molecule has 0 fully saturated rings. The normalized spacial score (nSPS) is 11.8. The Morgan fingerprint density at radius 2 is 2.15 bits per heavy atom. The molecule has 1 unspecified atom stereocenters. The van der Waals surface area contributed by atoms with E-state index in [1.165, 1.54) is 18.2 Å². The molecule has 1 aromatic rings. The zero-order valence-electron chi connectivity index (χ0n) is 11.0. The summed E-state index contributed by atoms with van der Waals surface area (Å²) in [5.41, 5.74) is -0.131. The molecule has 1 rings (SSSR count). The highest BCUT2D eigenvalue weighted by molar-refractivity contribution is 6.33. The Morgan fingerprint density at radius 1 is 1.45 bits per heavy atom. The lowest BCUT2D eigenvalue weighted by Gasteiger charge is -2.13. The van der Waals surface area contributed by atoms with E-state index in [0.717, 1.165) is 0 Å². The molecular formula is C13H16ClFN2O3. The molecule has 0 saturated heterocycles. The number of urea groups is 1. The Kier molecular flexibility index (Phi) is 6.24. The van der Waals surface area contributed by atoms with E-state index in [2.05, 4.69) is 10.6 Å². The van der Waals surface area contributed by atoms with Gasteiger partial charge in [0.05, 0.1) is 16.6 Å². The first-order chi connectivity index (χ1) is 9.45. The summed E-state index contributed by atoms with van der Waals surface area (Å²) in [7, 11) is 0. The number of carboxylic acids is 1. The zero-order valence-corrected chi connectivity index (χ0v) is 11.7. The highest BCUT2D eigenvalue weighted by Gasteiger charge is 2.18. The summed E-state index contributed by atoms with van der Waals surface area (Å²) >= 11 is 5.76. The smallest absolute Gasteiger partial charge is 0.319 e. The number of hydrogen-bond donors (Lipinski definition) is 3. The van der Waals surface area contributed by atoms with Gasteiger partial charge in [0.15, 0.2) is 0 Å². The van der Waals surface area contributed by atoms with E-state index in [0.29, 0.717) is 12.8 Å². The average Bonchev–Trinajstić information content (AvgIpc) is 2.38. The lowest BCUT2D eigenvalue weighted by Crippen LogP contribution is -2.36. The second-order valence-electron chi connectivity index (χ2n) is 4.26. The molecule has 0 aliphatic rings. The Morgan fingerprint density at radius 3 is 2.70 bits per heavy atom. The molecule has 20 heavy (non-hydrogen) atoms. The van der Waals surface area contributed by atoms with E-state index >= 15 is 0 Å². The van der Waals surface area contributed by atoms with Crippen LogP contribution in [0.25, 0.3) is 0 Å². The number of carboxylic acid groups (broad SMARTS) is 1. The second kappa shape index (κ2) is 7.69. The maximum Gasteiger partial charge on any atom is 0.319 e. The van der Waals surface area contributed by atoms with Crippen molar-refractivity contribution in [1.82, 2.24) is 5.32 Å². The molecule has 1 atom stereocenters. The van der Waals surface area contributed by atoms with Gasteiger partial charge in [0.2, 0.25) is 0 Å². The predicted octanol–water partition coefficient (Wildman–Crippen LogP) is 3.10. The molecule has 7 heteroatoms. The third kappa shape index (κ3) is 4.70. The van der Waals surface area contributed by atoms with Crippen LogP contribution < -0.4 is 10.6 Å². The summed E-state index contributed by atoms with van der Waals surface area (Å²) in [6.07, 6.45) is 1.15. The Bertz CT molecular complexity index is 476. The van der Waals surface area contributed by atoms with Gasteiger partial charge in [0, 0.05) is 6.54 Å². The molecule has 0 spiro atoms. The predicted molar refractivity (Wildman–Crippen MR) is 74.5 cm³/mol. The van der Waals surface area contributed by atoms with Crippen LogP contribution in [0.1, 0.15) is 19.8 Å². The highest BCUT2D eigenvalue weighted by Crippen LogP contribution is 2.24. The Labute approximate surface area is 121 Å². The molecule has 5 nitrogen and oxygen atoms in total. The van der Waals surface area contributed by atoms with Crippen LogP contribution in [0.5, 0.6) is 0 Å². The van der Waals surface area contributed by atoms with Crippen molar-refractivity contribution in [2.45, 2.75) is 19.8 Å². The molecule has 0 bridgehead atoms. The SMILES string of the molecule is CCCC(CNC(=O)Nc1c(F)cccc1Cl)C(=O)O. The molecule has 3 N–H and O–H groups in total. The highest BCUT2D eigenvalue weighted by atomic mass is 35.5. The van der Waals surface area contributed by atoms with Crippen molar-refractivity contribution in [2.75, 3.05) is 11.9 Å². The number of hydrogen-bond acceptors (Lipinski definition) is 2. The number of anilines is 1. The van der Waals surface area contributed by atoms with Crippen LogP contribution in [0.3, 0.4) is 0 Å². The summed E-state index contributed by atoms with van der Waals surface area (Å²) in [5.74, 6) is -2.30. The van der Waals surface area contributed by atoms with Crippen LogP contribution in [0.4, 0.5) is 14.9 Å². The van der Waals surface area contributed by atoms with Crippen molar-refractivity contribution in [3.8, 4) is 0 Å². The van der Waals surface area contributed by atoms with Crippen LogP contribution in [0.2, 0.25) is 5.02 Å². The van der Waals surface area contributed by atoms with Crippen molar-refractivity contribution >= 4 is 29.3 Å². The minimum atomic E-state index is -0.976. The molecule has 2 amide bonds. The lowest BCUT2D eigenvalue weighted by molar-refractivity contribution is -0.141. The fraction of sp³-hybridized carbons (Fsp3) is 0.385. The number of para-hydroxylation sites is 1. The van der Waals surface area contributed by atoms with E-state index in [1.807, 2.05) is 6.92 Å². The largest absolute Gasteiger partial charge is 0.481 e. The molecule has 0 aliphatic carbocycles. The van der Waals surface area contributed by atoms with Gasteiger partial charge in [-0.25, -0.2) is 9.18 Å². The van der Waals surface area contributed by atoms with Gasteiger partial charge in [-0.2, -0.15) is 0 Å².